The fourth-order valence-electron chi connectivity index (χ4n) is 2.27. The summed E-state index contributed by atoms with van der Waals surface area (Å²) in [5.74, 6) is 0. The average molecular weight is 289 g/mol. The molecule has 0 aliphatic carbocycles. The van der Waals surface area contributed by atoms with E-state index in [4.69, 9.17) is 0 Å². The predicted molar refractivity (Wildman–Crippen MR) is 78.1 cm³/mol. The Morgan fingerprint density at radius 3 is 2.85 bits per heavy atom. The number of fused-ring (bicyclic) bond motifs is 1. The molecule has 0 amide bonds. The van der Waals surface area contributed by atoms with Crippen molar-refractivity contribution in [2.45, 2.75) is 26.8 Å². The first-order chi connectivity index (χ1) is 9.60. The monoisotopic (exact) mass is 289 g/mol. The highest BCUT2D eigenvalue weighted by Crippen LogP contribution is 2.13. The van der Waals surface area contributed by atoms with Crippen LogP contribution >= 0.6 is 11.3 Å². The molecule has 0 radical (unpaired) electrons. The third kappa shape index (κ3) is 2.03. The number of rotatable bonds is 3. The second-order valence-electron chi connectivity index (χ2n) is 4.66. The van der Waals surface area contributed by atoms with E-state index in [2.05, 4.69) is 15.1 Å². The SMILES string of the molecule is CCc1nn(C)c2c(=O)n(Cc3csc(C)n3)cnc12. The Labute approximate surface area is 119 Å². The fraction of sp³-hybridized carbons (Fsp3) is 0.385. The van der Waals surface area contributed by atoms with E-state index < -0.39 is 0 Å². The zero-order chi connectivity index (χ0) is 14.3. The number of aromatic nitrogens is 5. The van der Waals surface area contributed by atoms with Crippen LogP contribution in [0.3, 0.4) is 0 Å². The molecule has 20 heavy (non-hydrogen) atoms. The standard InChI is InChI=1S/C13H15N5OS/c1-4-10-11-12(17(3)16-10)13(19)18(7-14-11)5-9-6-20-8(2)15-9/h6-7H,4-5H2,1-3H3. The van der Waals surface area contributed by atoms with E-state index in [0.717, 1.165) is 22.8 Å². The Balaban J connectivity index is 2.11. The summed E-state index contributed by atoms with van der Waals surface area (Å²) in [6.07, 6.45) is 2.35. The molecule has 7 heteroatoms. The molecule has 0 unspecified atom stereocenters. The van der Waals surface area contributed by atoms with Gasteiger partial charge in [0.05, 0.1) is 29.3 Å². The summed E-state index contributed by atoms with van der Waals surface area (Å²) in [7, 11) is 1.78. The summed E-state index contributed by atoms with van der Waals surface area (Å²) in [6.45, 7) is 4.40. The lowest BCUT2D eigenvalue weighted by atomic mass is 10.3. The molecule has 3 aromatic heterocycles. The van der Waals surface area contributed by atoms with Crippen molar-refractivity contribution in [3.8, 4) is 0 Å². The maximum absolute atomic E-state index is 12.5. The average Bonchev–Trinajstić information content (AvgIpc) is 2.97. The molecule has 0 aliphatic rings. The van der Waals surface area contributed by atoms with Crippen LogP contribution in [-0.2, 0) is 20.0 Å². The van der Waals surface area contributed by atoms with E-state index in [1.165, 1.54) is 0 Å². The van der Waals surface area contributed by atoms with E-state index in [-0.39, 0.29) is 5.56 Å². The van der Waals surface area contributed by atoms with Gasteiger partial charge >= 0.3 is 0 Å². The summed E-state index contributed by atoms with van der Waals surface area (Å²) < 4.78 is 3.20. The molecule has 0 saturated heterocycles. The van der Waals surface area contributed by atoms with Crippen molar-refractivity contribution >= 4 is 22.4 Å². The molecule has 0 bridgehead atoms. The van der Waals surface area contributed by atoms with Gasteiger partial charge in [-0.25, -0.2) is 9.97 Å². The molecule has 104 valence electrons. The van der Waals surface area contributed by atoms with Gasteiger partial charge in [0.1, 0.15) is 5.52 Å². The molecule has 0 N–H and O–H groups in total. The predicted octanol–water partition coefficient (Wildman–Crippen LogP) is 1.51. The zero-order valence-electron chi connectivity index (χ0n) is 11.6. The van der Waals surface area contributed by atoms with Crippen LogP contribution in [0.2, 0.25) is 0 Å². The van der Waals surface area contributed by atoms with Gasteiger partial charge in [0, 0.05) is 12.4 Å². The molecular formula is C13H15N5OS. The molecule has 6 nitrogen and oxygen atoms in total. The van der Waals surface area contributed by atoms with E-state index in [0.29, 0.717) is 17.6 Å². The van der Waals surface area contributed by atoms with Crippen LogP contribution in [0.25, 0.3) is 11.0 Å². The highest BCUT2D eigenvalue weighted by Gasteiger charge is 2.14. The van der Waals surface area contributed by atoms with Gasteiger partial charge in [-0.2, -0.15) is 5.10 Å². The summed E-state index contributed by atoms with van der Waals surface area (Å²) in [5, 5.41) is 7.31. The van der Waals surface area contributed by atoms with E-state index in [1.54, 1.807) is 34.0 Å². The number of hydrogen-bond donors (Lipinski definition) is 0. The Morgan fingerprint density at radius 2 is 2.20 bits per heavy atom. The van der Waals surface area contributed by atoms with Crippen LogP contribution in [0.15, 0.2) is 16.5 Å². The molecule has 0 atom stereocenters. The Morgan fingerprint density at radius 1 is 1.40 bits per heavy atom. The van der Waals surface area contributed by atoms with Crippen molar-refractivity contribution in [1.29, 1.82) is 0 Å². The smallest absolute Gasteiger partial charge is 0.279 e. The topological polar surface area (TPSA) is 65.6 Å². The van der Waals surface area contributed by atoms with Crippen LogP contribution in [0.4, 0.5) is 0 Å². The molecule has 0 aromatic carbocycles. The van der Waals surface area contributed by atoms with E-state index in [9.17, 15) is 4.79 Å². The van der Waals surface area contributed by atoms with Gasteiger partial charge in [0.15, 0.2) is 5.52 Å². The molecular weight excluding hydrogens is 274 g/mol. The lowest BCUT2D eigenvalue weighted by Crippen LogP contribution is -2.22. The summed E-state index contributed by atoms with van der Waals surface area (Å²) in [6, 6.07) is 0. The van der Waals surface area contributed by atoms with Crippen LogP contribution in [0.1, 0.15) is 23.3 Å². The van der Waals surface area contributed by atoms with E-state index in [1.807, 2.05) is 19.2 Å². The number of nitrogens with zero attached hydrogens (tertiary/aromatic N) is 5. The quantitative estimate of drug-likeness (QED) is 0.733. The maximum atomic E-state index is 12.5. The van der Waals surface area contributed by atoms with Gasteiger partial charge in [0.25, 0.3) is 5.56 Å². The second kappa shape index (κ2) is 4.82. The molecule has 0 spiro atoms. The third-order valence-corrected chi connectivity index (χ3v) is 4.04. The zero-order valence-corrected chi connectivity index (χ0v) is 12.4. The molecule has 0 fully saturated rings. The first kappa shape index (κ1) is 13.0. The van der Waals surface area contributed by atoms with Crippen LogP contribution in [-0.4, -0.2) is 24.3 Å². The Bertz CT molecular complexity index is 829. The second-order valence-corrected chi connectivity index (χ2v) is 5.72. The summed E-state index contributed by atoms with van der Waals surface area (Å²) in [4.78, 5) is 21.3. The number of thiazole rings is 1. The van der Waals surface area contributed by atoms with Crippen molar-refractivity contribution < 1.29 is 0 Å². The normalized spacial score (nSPS) is 11.3. The minimum atomic E-state index is -0.0737. The number of aryl methyl sites for hydroxylation is 3. The third-order valence-electron chi connectivity index (χ3n) is 3.22. The van der Waals surface area contributed by atoms with Crippen molar-refractivity contribution in [3.63, 3.8) is 0 Å². The van der Waals surface area contributed by atoms with Crippen LogP contribution < -0.4 is 5.56 Å². The van der Waals surface area contributed by atoms with Crippen molar-refractivity contribution in [1.82, 2.24) is 24.3 Å². The van der Waals surface area contributed by atoms with E-state index >= 15 is 0 Å². The summed E-state index contributed by atoms with van der Waals surface area (Å²) in [5.41, 5.74) is 2.92. The fourth-order valence-corrected chi connectivity index (χ4v) is 2.87. The lowest BCUT2D eigenvalue weighted by Gasteiger charge is -2.03. The van der Waals surface area contributed by atoms with Crippen LogP contribution in [0, 0.1) is 6.92 Å². The minimum absolute atomic E-state index is 0.0737. The first-order valence-corrected chi connectivity index (χ1v) is 7.30. The Hall–Kier alpha value is -2.02. The van der Waals surface area contributed by atoms with Crippen LogP contribution in [0.5, 0.6) is 0 Å². The molecule has 0 aliphatic heterocycles. The van der Waals surface area contributed by atoms with Gasteiger partial charge < -0.3 is 0 Å². The highest BCUT2D eigenvalue weighted by atomic mass is 32.1. The Kier molecular flexibility index (Phi) is 3.13. The van der Waals surface area contributed by atoms with Crippen molar-refractivity contribution in [2.24, 2.45) is 7.05 Å². The maximum Gasteiger partial charge on any atom is 0.279 e. The first-order valence-electron chi connectivity index (χ1n) is 6.42. The molecule has 0 saturated carbocycles. The van der Waals surface area contributed by atoms with Crippen molar-refractivity contribution in [2.75, 3.05) is 0 Å². The van der Waals surface area contributed by atoms with Gasteiger partial charge in [-0.15, -0.1) is 11.3 Å². The molecule has 3 rings (SSSR count). The van der Waals surface area contributed by atoms with Crippen molar-refractivity contribution in [3.05, 3.63) is 38.5 Å². The van der Waals surface area contributed by atoms with Gasteiger partial charge in [0.2, 0.25) is 0 Å². The van der Waals surface area contributed by atoms with Gasteiger partial charge in [-0.3, -0.25) is 14.0 Å². The number of hydrogen-bond acceptors (Lipinski definition) is 5. The largest absolute Gasteiger partial charge is 0.291 e. The van der Waals surface area contributed by atoms with Gasteiger partial charge in [-0.1, -0.05) is 6.92 Å². The summed E-state index contributed by atoms with van der Waals surface area (Å²) >= 11 is 1.58. The lowest BCUT2D eigenvalue weighted by molar-refractivity contribution is 0.716. The highest BCUT2D eigenvalue weighted by molar-refractivity contribution is 7.09. The minimum Gasteiger partial charge on any atom is -0.291 e. The van der Waals surface area contributed by atoms with Gasteiger partial charge in [-0.05, 0) is 13.3 Å². The molecule has 3 heterocycles. The molecule has 3 aromatic rings.